The summed E-state index contributed by atoms with van der Waals surface area (Å²) in [5.74, 6) is 0.619. The second kappa shape index (κ2) is 9.96. The maximum absolute atomic E-state index is 12.5. The summed E-state index contributed by atoms with van der Waals surface area (Å²) in [6.07, 6.45) is 3.17. The molecule has 2 aromatic rings. The third-order valence-electron chi connectivity index (χ3n) is 4.99. The van der Waals surface area contributed by atoms with Crippen molar-refractivity contribution in [3.8, 4) is 5.75 Å². The number of nitrogens with zero attached hydrogens (tertiary/aromatic N) is 1. The first-order valence-corrected chi connectivity index (χ1v) is 10.2. The minimum atomic E-state index is -0.165. The fourth-order valence-electron chi connectivity index (χ4n) is 3.22. The molecule has 0 aromatic heterocycles. The molecular formula is C23H29N3O3. The first-order valence-electron chi connectivity index (χ1n) is 10.2. The molecule has 6 heteroatoms. The highest BCUT2D eigenvalue weighted by Gasteiger charge is 2.19. The van der Waals surface area contributed by atoms with Gasteiger partial charge in [0.2, 0.25) is 5.91 Å². The van der Waals surface area contributed by atoms with Crippen molar-refractivity contribution in [2.45, 2.75) is 39.2 Å². The number of hydrogen-bond acceptors (Lipinski definition) is 4. The number of amides is 2. The van der Waals surface area contributed by atoms with Crippen LogP contribution in [-0.4, -0.2) is 42.5 Å². The van der Waals surface area contributed by atoms with E-state index in [1.165, 1.54) is 0 Å². The Balaban J connectivity index is 1.54. The van der Waals surface area contributed by atoms with E-state index in [1.54, 1.807) is 6.07 Å². The summed E-state index contributed by atoms with van der Waals surface area (Å²) >= 11 is 0. The molecule has 0 saturated carbocycles. The van der Waals surface area contributed by atoms with Crippen molar-refractivity contribution in [3.63, 3.8) is 0 Å². The van der Waals surface area contributed by atoms with Gasteiger partial charge in [-0.05, 0) is 56.5 Å². The number of rotatable bonds is 8. The van der Waals surface area contributed by atoms with E-state index in [9.17, 15) is 9.59 Å². The van der Waals surface area contributed by atoms with E-state index in [4.69, 9.17) is 4.74 Å². The maximum Gasteiger partial charge on any atom is 0.253 e. The number of benzene rings is 2. The largest absolute Gasteiger partial charge is 0.491 e. The summed E-state index contributed by atoms with van der Waals surface area (Å²) in [4.78, 5) is 26.7. The van der Waals surface area contributed by atoms with Crippen LogP contribution in [0.15, 0.2) is 48.5 Å². The van der Waals surface area contributed by atoms with Gasteiger partial charge in [0.15, 0.2) is 0 Å². The molecule has 1 aliphatic heterocycles. The third-order valence-corrected chi connectivity index (χ3v) is 4.99. The van der Waals surface area contributed by atoms with Crippen LogP contribution in [0.25, 0.3) is 0 Å². The third kappa shape index (κ3) is 5.98. The highest BCUT2D eigenvalue weighted by atomic mass is 16.5. The van der Waals surface area contributed by atoms with Gasteiger partial charge in [0.1, 0.15) is 5.75 Å². The zero-order chi connectivity index (χ0) is 20.6. The second-order valence-corrected chi connectivity index (χ2v) is 7.35. The Labute approximate surface area is 172 Å². The number of likely N-dealkylation sites (tertiary alicyclic amines) is 1. The molecule has 3 rings (SSSR count). The van der Waals surface area contributed by atoms with Crippen LogP contribution in [0.2, 0.25) is 0 Å². The van der Waals surface area contributed by atoms with Crippen LogP contribution in [0, 0.1) is 0 Å². The van der Waals surface area contributed by atoms with Gasteiger partial charge in [-0.1, -0.05) is 19.1 Å². The molecule has 2 aromatic carbocycles. The molecule has 1 aliphatic rings. The van der Waals surface area contributed by atoms with Gasteiger partial charge in [-0.2, -0.15) is 0 Å². The molecule has 0 spiro atoms. The van der Waals surface area contributed by atoms with Gasteiger partial charge in [0.25, 0.3) is 5.91 Å². The van der Waals surface area contributed by atoms with Crippen LogP contribution in [0.5, 0.6) is 5.75 Å². The molecule has 0 radical (unpaired) electrons. The minimum absolute atomic E-state index is 0.0497. The minimum Gasteiger partial charge on any atom is -0.491 e. The second-order valence-electron chi connectivity index (χ2n) is 7.35. The molecule has 2 N–H and O–H groups in total. The van der Waals surface area contributed by atoms with Crippen molar-refractivity contribution in [3.05, 3.63) is 54.1 Å². The highest BCUT2D eigenvalue weighted by molar-refractivity contribution is 5.96. The molecule has 0 bridgehead atoms. The van der Waals surface area contributed by atoms with Gasteiger partial charge >= 0.3 is 0 Å². The molecule has 1 heterocycles. The van der Waals surface area contributed by atoms with E-state index in [1.807, 2.05) is 54.3 Å². The first-order chi connectivity index (χ1) is 14.0. The smallest absolute Gasteiger partial charge is 0.253 e. The van der Waals surface area contributed by atoms with Crippen molar-refractivity contribution in [1.29, 1.82) is 0 Å². The Morgan fingerprint density at radius 2 is 1.79 bits per heavy atom. The molecule has 1 unspecified atom stereocenters. The lowest BCUT2D eigenvalue weighted by Gasteiger charge is -2.16. The summed E-state index contributed by atoms with van der Waals surface area (Å²) in [6, 6.07) is 14.7. The summed E-state index contributed by atoms with van der Waals surface area (Å²) in [5.41, 5.74) is 2.09. The fraction of sp³-hybridized carbons (Fsp3) is 0.391. The maximum atomic E-state index is 12.5. The molecule has 29 heavy (non-hydrogen) atoms. The van der Waals surface area contributed by atoms with Crippen LogP contribution >= 0.6 is 0 Å². The molecule has 1 saturated heterocycles. The van der Waals surface area contributed by atoms with E-state index in [-0.39, 0.29) is 24.5 Å². The SMILES string of the molecule is CCC(C)Oc1cccc(NC(=O)CNc2cccc(C(=O)N3CCCC3)c2)c1. The molecule has 6 nitrogen and oxygen atoms in total. The van der Waals surface area contributed by atoms with Crippen molar-refractivity contribution in [2.24, 2.45) is 0 Å². The van der Waals surface area contributed by atoms with Gasteiger partial charge in [0.05, 0.1) is 12.6 Å². The molecule has 1 fully saturated rings. The number of carbonyl (C=O) groups excluding carboxylic acids is 2. The van der Waals surface area contributed by atoms with Crippen LogP contribution < -0.4 is 15.4 Å². The number of anilines is 2. The number of nitrogens with one attached hydrogen (secondary N) is 2. The van der Waals surface area contributed by atoms with E-state index in [0.29, 0.717) is 11.3 Å². The standard InChI is InChI=1S/C23H29N3O3/c1-3-17(2)29-21-11-7-10-20(15-21)25-22(27)16-24-19-9-6-8-18(14-19)23(28)26-12-4-5-13-26/h6-11,14-15,17,24H,3-5,12-13,16H2,1-2H3,(H,25,27). The number of ether oxygens (including phenoxy) is 1. The lowest BCUT2D eigenvalue weighted by molar-refractivity contribution is -0.114. The van der Waals surface area contributed by atoms with Gasteiger partial charge in [-0.25, -0.2) is 0 Å². The number of carbonyl (C=O) groups is 2. The van der Waals surface area contributed by atoms with Crippen LogP contribution in [0.1, 0.15) is 43.5 Å². The monoisotopic (exact) mass is 395 g/mol. The Bertz CT molecular complexity index is 847. The quantitative estimate of drug-likeness (QED) is 0.704. The molecule has 1 atom stereocenters. The summed E-state index contributed by atoms with van der Waals surface area (Å²) in [6.45, 7) is 5.82. The highest BCUT2D eigenvalue weighted by Crippen LogP contribution is 2.20. The van der Waals surface area contributed by atoms with Gasteiger partial charge in [0, 0.05) is 36.1 Å². The lowest BCUT2D eigenvalue weighted by Crippen LogP contribution is -2.27. The molecule has 2 amide bonds. The van der Waals surface area contributed by atoms with Crippen LogP contribution in [0.4, 0.5) is 11.4 Å². The zero-order valence-electron chi connectivity index (χ0n) is 17.1. The Hall–Kier alpha value is -3.02. The first kappa shape index (κ1) is 20.7. The molecular weight excluding hydrogens is 366 g/mol. The van der Waals surface area contributed by atoms with Crippen LogP contribution in [-0.2, 0) is 4.79 Å². The predicted molar refractivity (Wildman–Crippen MR) is 116 cm³/mol. The number of hydrogen-bond donors (Lipinski definition) is 2. The Kier molecular flexibility index (Phi) is 7.11. The Morgan fingerprint density at radius 3 is 2.55 bits per heavy atom. The van der Waals surface area contributed by atoms with Crippen molar-refractivity contribution < 1.29 is 14.3 Å². The predicted octanol–water partition coefficient (Wildman–Crippen LogP) is 4.15. The average Bonchev–Trinajstić information content (AvgIpc) is 3.27. The lowest BCUT2D eigenvalue weighted by atomic mass is 10.1. The van der Waals surface area contributed by atoms with Gasteiger partial charge in [-0.15, -0.1) is 0 Å². The normalized spacial score (nSPS) is 14.3. The molecule has 0 aliphatic carbocycles. The van der Waals surface area contributed by atoms with Crippen molar-refractivity contribution >= 4 is 23.2 Å². The van der Waals surface area contributed by atoms with Crippen molar-refractivity contribution in [2.75, 3.05) is 30.3 Å². The summed E-state index contributed by atoms with van der Waals surface area (Å²) < 4.78 is 5.79. The fourth-order valence-corrected chi connectivity index (χ4v) is 3.22. The van der Waals surface area contributed by atoms with Crippen LogP contribution in [0.3, 0.4) is 0 Å². The molecule has 154 valence electrons. The van der Waals surface area contributed by atoms with E-state index in [2.05, 4.69) is 17.6 Å². The zero-order valence-corrected chi connectivity index (χ0v) is 17.1. The average molecular weight is 396 g/mol. The van der Waals surface area contributed by atoms with Gasteiger partial charge < -0.3 is 20.3 Å². The summed E-state index contributed by atoms with van der Waals surface area (Å²) in [7, 11) is 0. The topological polar surface area (TPSA) is 70.7 Å². The van der Waals surface area contributed by atoms with Crippen molar-refractivity contribution in [1.82, 2.24) is 4.90 Å². The van der Waals surface area contributed by atoms with E-state index < -0.39 is 0 Å². The van der Waals surface area contributed by atoms with E-state index in [0.717, 1.165) is 43.8 Å². The van der Waals surface area contributed by atoms with E-state index >= 15 is 0 Å². The summed E-state index contributed by atoms with van der Waals surface area (Å²) in [5, 5.41) is 5.96. The Morgan fingerprint density at radius 1 is 1.07 bits per heavy atom. The van der Waals surface area contributed by atoms with Gasteiger partial charge in [-0.3, -0.25) is 9.59 Å².